The Kier molecular flexibility index (Phi) is 5.88. The molecule has 7 heteroatoms. The number of benzene rings is 2. The standard InChI is InChI=1S/C27H31ClN4O2/c1-17-8-6-12-21(18(17)2)30-26(34)27(3)16-31-23-13-5-4-11-22(23)29-24(31)25(33)32(27)15-19-9-7-10-20(28)14-19/h4-5,7,9-11,13-14,17-18,21H,6,8,12,15-16H2,1-3H3,(H,30,34)/t17-,18+,21+,27-/m1/s1. The second-order valence-electron chi connectivity index (χ2n) is 10.2. The number of amides is 2. The molecule has 0 unspecified atom stereocenters. The maximum Gasteiger partial charge on any atom is 0.291 e. The van der Waals surface area contributed by atoms with Gasteiger partial charge in [0.25, 0.3) is 5.91 Å². The summed E-state index contributed by atoms with van der Waals surface area (Å²) in [6.45, 7) is 6.97. The third-order valence-corrected chi connectivity index (χ3v) is 8.13. The maximum absolute atomic E-state index is 14.0. The molecule has 1 aromatic heterocycles. The SMILES string of the molecule is C[C@H]1[C@H](C)CCC[C@@H]1NC(=O)[C@@]1(C)Cn2c(nc3ccccc32)C(=O)N1Cc1cccc(Cl)c1. The predicted octanol–water partition coefficient (Wildman–Crippen LogP) is 5.05. The van der Waals surface area contributed by atoms with Crippen LogP contribution in [0.25, 0.3) is 11.0 Å². The first-order valence-corrected chi connectivity index (χ1v) is 12.5. The van der Waals surface area contributed by atoms with Crippen LogP contribution in [0.4, 0.5) is 0 Å². The summed E-state index contributed by atoms with van der Waals surface area (Å²) in [5, 5.41) is 3.94. The van der Waals surface area contributed by atoms with Crippen LogP contribution in [0, 0.1) is 11.8 Å². The number of halogens is 1. The van der Waals surface area contributed by atoms with Gasteiger partial charge in [-0.05, 0) is 55.0 Å². The largest absolute Gasteiger partial charge is 0.351 e. The van der Waals surface area contributed by atoms with Gasteiger partial charge in [-0.3, -0.25) is 9.59 Å². The minimum atomic E-state index is -1.07. The molecule has 2 aromatic carbocycles. The van der Waals surface area contributed by atoms with E-state index < -0.39 is 5.54 Å². The zero-order valence-electron chi connectivity index (χ0n) is 19.9. The molecule has 1 fully saturated rings. The van der Waals surface area contributed by atoms with Gasteiger partial charge in [0, 0.05) is 17.6 Å². The molecular formula is C27H31ClN4O2. The van der Waals surface area contributed by atoms with Crippen molar-refractivity contribution in [3.63, 3.8) is 0 Å². The van der Waals surface area contributed by atoms with Crippen LogP contribution in [0.15, 0.2) is 48.5 Å². The fourth-order valence-corrected chi connectivity index (χ4v) is 5.72. The smallest absolute Gasteiger partial charge is 0.291 e. The van der Waals surface area contributed by atoms with Gasteiger partial charge in [-0.1, -0.05) is 62.6 Å². The van der Waals surface area contributed by atoms with Crippen LogP contribution in [0.5, 0.6) is 0 Å². The number of fused-ring (bicyclic) bond motifs is 3. The fraction of sp³-hybridized carbons (Fsp3) is 0.444. The minimum Gasteiger partial charge on any atom is -0.351 e. The van der Waals surface area contributed by atoms with Crippen molar-refractivity contribution >= 4 is 34.4 Å². The molecule has 2 heterocycles. The highest BCUT2D eigenvalue weighted by Crippen LogP contribution is 2.34. The first kappa shape index (κ1) is 22.9. The van der Waals surface area contributed by atoms with Gasteiger partial charge in [-0.15, -0.1) is 0 Å². The van der Waals surface area contributed by atoms with Crippen molar-refractivity contribution in [2.24, 2.45) is 11.8 Å². The van der Waals surface area contributed by atoms with E-state index in [1.807, 2.05) is 54.0 Å². The van der Waals surface area contributed by atoms with E-state index >= 15 is 0 Å². The van der Waals surface area contributed by atoms with Crippen LogP contribution in [0.2, 0.25) is 5.02 Å². The summed E-state index contributed by atoms with van der Waals surface area (Å²) in [4.78, 5) is 34.1. The normalized spacial score (nSPS) is 27.0. The number of hydrogen-bond donors (Lipinski definition) is 1. The van der Waals surface area contributed by atoms with E-state index in [1.165, 1.54) is 6.42 Å². The Morgan fingerprint density at radius 3 is 2.76 bits per heavy atom. The molecule has 0 bridgehead atoms. The molecule has 34 heavy (non-hydrogen) atoms. The van der Waals surface area contributed by atoms with E-state index in [0.29, 0.717) is 29.2 Å². The second-order valence-corrected chi connectivity index (χ2v) is 10.6. The number of para-hydroxylation sites is 2. The molecule has 2 amide bonds. The Morgan fingerprint density at radius 2 is 1.97 bits per heavy atom. The summed E-state index contributed by atoms with van der Waals surface area (Å²) in [6, 6.07) is 15.2. The summed E-state index contributed by atoms with van der Waals surface area (Å²) in [5.41, 5.74) is 1.43. The van der Waals surface area contributed by atoms with Crippen molar-refractivity contribution in [3.05, 3.63) is 64.9 Å². The third-order valence-electron chi connectivity index (χ3n) is 7.89. The van der Waals surface area contributed by atoms with Crippen molar-refractivity contribution < 1.29 is 9.59 Å². The van der Waals surface area contributed by atoms with E-state index in [9.17, 15) is 9.59 Å². The molecular weight excluding hydrogens is 448 g/mol. The van der Waals surface area contributed by atoms with Crippen molar-refractivity contribution in [3.8, 4) is 0 Å². The lowest BCUT2D eigenvalue weighted by molar-refractivity contribution is -0.134. The van der Waals surface area contributed by atoms with Gasteiger partial charge in [-0.25, -0.2) is 4.98 Å². The lowest BCUT2D eigenvalue weighted by Gasteiger charge is -2.45. The second kappa shape index (κ2) is 8.73. The Labute approximate surface area is 205 Å². The fourth-order valence-electron chi connectivity index (χ4n) is 5.51. The summed E-state index contributed by atoms with van der Waals surface area (Å²) >= 11 is 6.23. The van der Waals surface area contributed by atoms with Gasteiger partial charge < -0.3 is 14.8 Å². The van der Waals surface area contributed by atoms with Crippen LogP contribution in [0.1, 0.15) is 56.2 Å². The maximum atomic E-state index is 14.0. The Bertz CT molecular complexity index is 1250. The predicted molar refractivity (Wildman–Crippen MR) is 134 cm³/mol. The number of nitrogens with zero attached hydrogens (tertiary/aromatic N) is 3. The number of imidazole rings is 1. The van der Waals surface area contributed by atoms with Crippen LogP contribution in [-0.2, 0) is 17.9 Å². The molecule has 1 aliphatic heterocycles. The van der Waals surface area contributed by atoms with E-state index in [-0.39, 0.29) is 24.4 Å². The lowest BCUT2D eigenvalue weighted by atomic mass is 9.77. The first-order valence-electron chi connectivity index (χ1n) is 12.1. The topological polar surface area (TPSA) is 67.2 Å². The van der Waals surface area contributed by atoms with Crippen molar-refractivity contribution in [1.29, 1.82) is 0 Å². The van der Waals surface area contributed by atoms with Crippen LogP contribution >= 0.6 is 11.6 Å². The minimum absolute atomic E-state index is 0.108. The summed E-state index contributed by atoms with van der Waals surface area (Å²) in [6.07, 6.45) is 3.26. The highest BCUT2D eigenvalue weighted by Gasteiger charge is 2.49. The number of nitrogens with one attached hydrogen (secondary N) is 1. The number of aromatic nitrogens is 2. The monoisotopic (exact) mass is 478 g/mol. The molecule has 1 N–H and O–H groups in total. The quantitative estimate of drug-likeness (QED) is 0.570. The molecule has 2 aliphatic rings. The van der Waals surface area contributed by atoms with E-state index in [1.54, 1.807) is 11.0 Å². The summed E-state index contributed by atoms with van der Waals surface area (Å²) in [7, 11) is 0. The van der Waals surface area contributed by atoms with Gasteiger partial charge in [0.15, 0.2) is 5.82 Å². The number of hydrogen-bond acceptors (Lipinski definition) is 3. The molecule has 6 nitrogen and oxygen atoms in total. The Hall–Kier alpha value is -2.86. The van der Waals surface area contributed by atoms with Crippen LogP contribution < -0.4 is 5.32 Å². The summed E-state index contributed by atoms with van der Waals surface area (Å²) in [5.74, 6) is 0.966. The molecule has 0 radical (unpaired) electrons. The molecule has 3 aromatic rings. The molecule has 1 saturated carbocycles. The van der Waals surface area contributed by atoms with E-state index in [4.69, 9.17) is 11.6 Å². The average molecular weight is 479 g/mol. The lowest BCUT2D eigenvalue weighted by Crippen LogP contribution is -2.65. The van der Waals surface area contributed by atoms with E-state index in [2.05, 4.69) is 24.1 Å². The van der Waals surface area contributed by atoms with Crippen molar-refractivity contribution in [1.82, 2.24) is 19.8 Å². The highest BCUT2D eigenvalue weighted by molar-refractivity contribution is 6.30. The van der Waals surface area contributed by atoms with Gasteiger partial charge in [0.2, 0.25) is 5.91 Å². The average Bonchev–Trinajstić information content (AvgIpc) is 3.18. The van der Waals surface area contributed by atoms with Crippen LogP contribution in [-0.4, -0.2) is 37.8 Å². The van der Waals surface area contributed by atoms with E-state index in [0.717, 1.165) is 29.4 Å². The third kappa shape index (κ3) is 3.88. The molecule has 178 valence electrons. The van der Waals surface area contributed by atoms with Gasteiger partial charge in [0.1, 0.15) is 5.54 Å². The van der Waals surface area contributed by atoms with Crippen LogP contribution in [0.3, 0.4) is 0 Å². The molecule has 5 rings (SSSR count). The molecule has 1 aliphatic carbocycles. The zero-order chi connectivity index (χ0) is 24.0. The number of carbonyl (C=O) groups is 2. The van der Waals surface area contributed by atoms with Crippen molar-refractivity contribution in [2.75, 3.05) is 0 Å². The van der Waals surface area contributed by atoms with Gasteiger partial charge in [0.05, 0.1) is 17.6 Å². The zero-order valence-corrected chi connectivity index (χ0v) is 20.7. The number of carbonyl (C=O) groups excluding carboxylic acids is 2. The molecule has 0 spiro atoms. The highest BCUT2D eigenvalue weighted by atomic mass is 35.5. The Balaban J connectivity index is 1.55. The van der Waals surface area contributed by atoms with Gasteiger partial charge >= 0.3 is 0 Å². The Morgan fingerprint density at radius 1 is 1.18 bits per heavy atom. The van der Waals surface area contributed by atoms with Gasteiger partial charge in [-0.2, -0.15) is 0 Å². The first-order chi connectivity index (χ1) is 16.3. The molecule has 4 atom stereocenters. The number of rotatable bonds is 4. The molecule has 0 saturated heterocycles. The van der Waals surface area contributed by atoms with Crippen molar-refractivity contribution in [2.45, 2.75) is 64.7 Å². The summed E-state index contributed by atoms with van der Waals surface area (Å²) < 4.78 is 1.90.